The Bertz CT molecular complexity index is 923. The molecular weight excluding hydrogens is 387 g/mol. The zero-order valence-electron chi connectivity index (χ0n) is 13.1. The lowest BCUT2D eigenvalue weighted by Gasteiger charge is -2.15. The molecule has 2 aliphatic heterocycles. The fourth-order valence-electron chi connectivity index (χ4n) is 2.20. The molecule has 0 spiro atoms. The Morgan fingerprint density at radius 3 is 2.64 bits per heavy atom. The summed E-state index contributed by atoms with van der Waals surface area (Å²) in [5.74, 6) is -0.451. The van der Waals surface area contributed by atoms with Gasteiger partial charge in [-0.3, -0.25) is 4.79 Å². The van der Waals surface area contributed by atoms with E-state index in [1.807, 2.05) is 0 Å². The molecule has 128 valence electrons. The van der Waals surface area contributed by atoms with Gasteiger partial charge >= 0.3 is 17.8 Å². The van der Waals surface area contributed by atoms with E-state index >= 15 is 0 Å². The fourth-order valence-corrected chi connectivity index (χ4v) is 3.23. The minimum Gasteiger partial charge on any atom is -0.293 e. The summed E-state index contributed by atoms with van der Waals surface area (Å²) >= 11 is 12.8. The highest BCUT2D eigenvalue weighted by Gasteiger charge is 2.44. The summed E-state index contributed by atoms with van der Waals surface area (Å²) in [5, 5.41) is 0.918. The molecule has 10 heteroatoms. The van der Waals surface area contributed by atoms with E-state index in [-0.39, 0.29) is 28.3 Å². The zero-order chi connectivity index (χ0) is 18.3. The molecule has 7 nitrogen and oxygen atoms in total. The number of amidine groups is 2. The van der Waals surface area contributed by atoms with Gasteiger partial charge in [-0.1, -0.05) is 40.0 Å². The molecule has 0 aromatic heterocycles. The molecule has 0 fully saturated rings. The first kappa shape index (κ1) is 17.8. The van der Waals surface area contributed by atoms with Gasteiger partial charge in [0.25, 0.3) is 5.17 Å². The summed E-state index contributed by atoms with van der Waals surface area (Å²) in [6.45, 7) is 0. The van der Waals surface area contributed by atoms with Crippen molar-refractivity contribution in [2.45, 2.75) is 0 Å². The molecular formula is C15H11Cl2N4O3S+. The van der Waals surface area contributed by atoms with Gasteiger partial charge in [-0.2, -0.15) is 14.5 Å². The molecule has 0 N–H and O–H groups in total. The first-order valence-corrected chi connectivity index (χ1v) is 8.75. The molecule has 1 aromatic rings. The van der Waals surface area contributed by atoms with Crippen LogP contribution < -0.4 is 0 Å². The normalized spacial score (nSPS) is 16.9. The molecule has 0 radical (unpaired) electrons. The maximum absolute atomic E-state index is 12.2. The Labute approximate surface area is 157 Å². The van der Waals surface area contributed by atoms with Gasteiger partial charge < -0.3 is 0 Å². The Balaban J connectivity index is 1.76. The summed E-state index contributed by atoms with van der Waals surface area (Å²) in [6, 6.07) is 4.14. The highest BCUT2D eigenvalue weighted by Crippen LogP contribution is 2.24. The minimum absolute atomic E-state index is 0.0581. The van der Waals surface area contributed by atoms with Crippen LogP contribution >= 0.6 is 35.0 Å². The summed E-state index contributed by atoms with van der Waals surface area (Å²) in [4.78, 5) is 45.5. The number of ketones is 1. The molecule has 0 bridgehead atoms. The number of rotatable bonds is 3. The number of benzene rings is 1. The number of carbonyl (C=O) groups excluding carboxylic acids is 3. The molecule has 0 saturated heterocycles. The number of hydrogen-bond acceptors (Lipinski definition) is 6. The van der Waals surface area contributed by atoms with Crippen molar-refractivity contribution in [3.63, 3.8) is 0 Å². The smallest absolute Gasteiger partial charge is 0.293 e. The predicted octanol–water partition coefficient (Wildman–Crippen LogP) is 2.35. The molecule has 0 aliphatic carbocycles. The number of halogens is 2. The van der Waals surface area contributed by atoms with Gasteiger partial charge in [0.15, 0.2) is 5.78 Å². The summed E-state index contributed by atoms with van der Waals surface area (Å²) in [6.07, 6.45) is 0. The number of amides is 3. The average molecular weight is 398 g/mol. The van der Waals surface area contributed by atoms with Gasteiger partial charge in [0.1, 0.15) is 0 Å². The van der Waals surface area contributed by atoms with Crippen molar-refractivity contribution in [1.29, 1.82) is 0 Å². The van der Waals surface area contributed by atoms with Gasteiger partial charge in [-0.25, -0.2) is 9.59 Å². The second kappa shape index (κ2) is 6.70. The van der Waals surface area contributed by atoms with Gasteiger partial charge in [0.05, 0.1) is 29.9 Å². The summed E-state index contributed by atoms with van der Waals surface area (Å²) in [7, 11) is 2.88. The van der Waals surface area contributed by atoms with Crippen LogP contribution in [0.15, 0.2) is 28.2 Å². The molecule has 3 amide bonds. The lowest BCUT2D eigenvalue weighted by Crippen LogP contribution is -2.51. The molecule has 3 rings (SSSR count). The first-order chi connectivity index (χ1) is 11.8. The molecule has 0 atom stereocenters. The number of Topliss-reactive ketones (excluding diaryl/α,β-unsaturated/α-hetero) is 1. The number of urea groups is 1. The van der Waals surface area contributed by atoms with Crippen molar-refractivity contribution in [1.82, 2.24) is 4.90 Å². The number of nitrogens with zero attached hydrogens (tertiary/aromatic N) is 4. The first-order valence-electron chi connectivity index (χ1n) is 7.01. The van der Waals surface area contributed by atoms with Gasteiger partial charge in [-0.15, -0.1) is 0 Å². The van der Waals surface area contributed by atoms with Crippen molar-refractivity contribution < 1.29 is 19.0 Å². The largest absolute Gasteiger partial charge is 0.446 e. The SMILES string of the molecule is CN1C(=O)C2=NC(SCC(=O)c3ccc(Cl)c(Cl)c3)=NC2=[N+](C)C1=O. The van der Waals surface area contributed by atoms with E-state index in [0.717, 1.165) is 16.7 Å². The number of hydrogen-bond donors (Lipinski definition) is 0. The number of fused-ring (bicyclic) bond motifs is 1. The second-order valence-corrected chi connectivity index (χ2v) is 6.98. The third-order valence-corrected chi connectivity index (χ3v) is 5.18. The second-order valence-electron chi connectivity index (χ2n) is 5.22. The maximum Gasteiger partial charge on any atom is 0.446 e. The van der Waals surface area contributed by atoms with Crippen LogP contribution in [0.1, 0.15) is 10.4 Å². The molecule has 0 saturated carbocycles. The van der Waals surface area contributed by atoms with Crippen molar-refractivity contribution in [3.05, 3.63) is 33.8 Å². The van der Waals surface area contributed by atoms with Crippen molar-refractivity contribution in [2.24, 2.45) is 9.98 Å². The number of thioether (sulfide) groups is 1. The minimum atomic E-state index is -0.520. The number of carbonyl (C=O) groups is 3. The average Bonchev–Trinajstić information content (AvgIpc) is 3.03. The van der Waals surface area contributed by atoms with Crippen LogP contribution in [0.5, 0.6) is 0 Å². The van der Waals surface area contributed by atoms with Crippen LogP contribution in [0.3, 0.4) is 0 Å². The van der Waals surface area contributed by atoms with Crippen LogP contribution in [0.25, 0.3) is 0 Å². The van der Waals surface area contributed by atoms with E-state index in [2.05, 4.69) is 9.98 Å². The topological polar surface area (TPSA) is 82.2 Å². The highest BCUT2D eigenvalue weighted by molar-refractivity contribution is 8.14. The Morgan fingerprint density at radius 2 is 1.96 bits per heavy atom. The third-order valence-electron chi connectivity index (χ3n) is 3.59. The van der Waals surface area contributed by atoms with Crippen molar-refractivity contribution in [3.8, 4) is 0 Å². The van der Waals surface area contributed by atoms with Crippen LogP contribution in [0.2, 0.25) is 10.0 Å². The molecule has 2 heterocycles. The Kier molecular flexibility index (Phi) is 4.77. The third kappa shape index (κ3) is 3.24. The van der Waals surface area contributed by atoms with Crippen LogP contribution in [0, 0.1) is 0 Å². The van der Waals surface area contributed by atoms with Gasteiger partial charge in [0.2, 0.25) is 5.71 Å². The van der Waals surface area contributed by atoms with Crippen molar-refractivity contribution >= 4 is 69.4 Å². The summed E-state index contributed by atoms with van der Waals surface area (Å²) in [5.41, 5.74) is 0.510. The zero-order valence-corrected chi connectivity index (χ0v) is 15.4. The molecule has 1 aromatic carbocycles. The van der Waals surface area contributed by atoms with Crippen LogP contribution in [-0.2, 0) is 4.79 Å². The highest BCUT2D eigenvalue weighted by atomic mass is 35.5. The summed E-state index contributed by atoms with van der Waals surface area (Å²) < 4.78 is 1.24. The van der Waals surface area contributed by atoms with E-state index in [0.29, 0.717) is 15.6 Å². The monoisotopic (exact) mass is 397 g/mol. The van der Waals surface area contributed by atoms with E-state index in [4.69, 9.17) is 23.2 Å². The quantitative estimate of drug-likeness (QED) is 0.578. The Hall–Kier alpha value is -2.03. The van der Waals surface area contributed by atoms with E-state index < -0.39 is 11.9 Å². The van der Waals surface area contributed by atoms with Gasteiger partial charge in [0, 0.05) is 5.56 Å². The lowest BCUT2D eigenvalue weighted by atomic mass is 10.1. The molecule has 25 heavy (non-hydrogen) atoms. The molecule has 0 unspecified atom stereocenters. The van der Waals surface area contributed by atoms with E-state index in [9.17, 15) is 14.4 Å². The fraction of sp³-hybridized carbons (Fsp3) is 0.200. The van der Waals surface area contributed by atoms with Gasteiger partial charge in [-0.05, 0) is 18.2 Å². The standard InChI is InChI=1S/C15H11Cl2N4O3S/c1-20-12-11(13(23)21(2)15(20)24)18-14(19-12)25-6-10(22)7-3-4-8(16)9(17)5-7/h3-5H,6H2,1-2H3/q+1. The lowest BCUT2D eigenvalue weighted by molar-refractivity contribution is -0.401. The number of aliphatic imine (C=N–C) groups is 2. The van der Waals surface area contributed by atoms with Crippen molar-refractivity contribution in [2.75, 3.05) is 19.8 Å². The maximum atomic E-state index is 12.2. The predicted molar refractivity (Wildman–Crippen MR) is 97.5 cm³/mol. The van der Waals surface area contributed by atoms with Crippen LogP contribution in [-0.4, -0.2) is 63.8 Å². The van der Waals surface area contributed by atoms with Crippen LogP contribution in [0.4, 0.5) is 4.79 Å². The number of imide groups is 1. The van der Waals surface area contributed by atoms with E-state index in [1.165, 1.54) is 24.7 Å². The molecule has 2 aliphatic rings. The van der Waals surface area contributed by atoms with E-state index in [1.54, 1.807) is 12.1 Å². The Morgan fingerprint density at radius 1 is 1.24 bits per heavy atom.